The van der Waals surface area contributed by atoms with Crippen molar-refractivity contribution in [1.82, 2.24) is 14.7 Å². The molecule has 0 saturated heterocycles. The quantitative estimate of drug-likeness (QED) is 0.743. The smallest absolute Gasteiger partial charge is 0.289 e. The molecule has 0 saturated carbocycles. The zero-order valence-corrected chi connectivity index (χ0v) is 12.6. The van der Waals surface area contributed by atoms with Crippen molar-refractivity contribution in [3.63, 3.8) is 0 Å². The Hall–Kier alpha value is -2.82. The van der Waals surface area contributed by atoms with Gasteiger partial charge < -0.3 is 9.32 Å². The average molecular weight is 295 g/mol. The number of furan rings is 1. The second-order valence-corrected chi connectivity index (χ2v) is 5.21. The molecule has 2 heterocycles. The van der Waals surface area contributed by atoms with Crippen LogP contribution in [0.25, 0.3) is 5.69 Å². The first-order valence-electron chi connectivity index (χ1n) is 7.03. The largest absolute Gasteiger partial charge is 0.459 e. The lowest BCUT2D eigenvalue weighted by Crippen LogP contribution is -2.26. The minimum absolute atomic E-state index is 0.112. The third kappa shape index (κ3) is 2.79. The van der Waals surface area contributed by atoms with Gasteiger partial charge in [-0.25, -0.2) is 4.68 Å². The van der Waals surface area contributed by atoms with Gasteiger partial charge >= 0.3 is 0 Å². The third-order valence-electron chi connectivity index (χ3n) is 3.53. The molecule has 0 aliphatic rings. The lowest BCUT2D eigenvalue weighted by molar-refractivity contribution is 0.0752. The highest BCUT2D eigenvalue weighted by molar-refractivity contribution is 5.92. The summed E-state index contributed by atoms with van der Waals surface area (Å²) in [4.78, 5) is 14.0. The van der Waals surface area contributed by atoms with Gasteiger partial charge in [0.25, 0.3) is 5.91 Å². The summed E-state index contributed by atoms with van der Waals surface area (Å²) < 4.78 is 7.05. The number of aryl methyl sites for hydroxylation is 1. The molecule has 0 unspecified atom stereocenters. The van der Waals surface area contributed by atoms with E-state index in [0.717, 1.165) is 16.8 Å². The zero-order valence-electron chi connectivity index (χ0n) is 12.6. The van der Waals surface area contributed by atoms with Crippen LogP contribution in [0.4, 0.5) is 0 Å². The minimum atomic E-state index is -0.112. The number of hydrogen-bond acceptors (Lipinski definition) is 3. The summed E-state index contributed by atoms with van der Waals surface area (Å²) >= 11 is 0. The molecule has 0 radical (unpaired) electrons. The van der Waals surface area contributed by atoms with Gasteiger partial charge in [-0.3, -0.25) is 4.79 Å². The van der Waals surface area contributed by atoms with E-state index in [9.17, 15) is 4.79 Å². The molecule has 3 rings (SSSR count). The second-order valence-electron chi connectivity index (χ2n) is 5.21. The number of aromatic nitrogens is 2. The molecular weight excluding hydrogens is 278 g/mol. The van der Waals surface area contributed by atoms with Crippen LogP contribution in [0.2, 0.25) is 0 Å². The number of carbonyl (C=O) groups is 1. The molecule has 0 bridgehead atoms. The molecule has 0 aliphatic carbocycles. The first-order chi connectivity index (χ1) is 10.6. The van der Waals surface area contributed by atoms with E-state index in [1.54, 1.807) is 28.9 Å². The standard InChI is InChI=1S/C17H17N3O2/c1-13-8-11-22-16(13)17(21)19(2)12-14-4-6-15(7-5-14)20-10-3-9-18-20/h3-11H,12H2,1-2H3. The van der Waals surface area contributed by atoms with Crippen molar-refractivity contribution in [2.45, 2.75) is 13.5 Å². The summed E-state index contributed by atoms with van der Waals surface area (Å²) in [5, 5.41) is 4.19. The molecule has 5 heteroatoms. The molecule has 0 atom stereocenters. The van der Waals surface area contributed by atoms with E-state index in [1.165, 1.54) is 6.26 Å². The first kappa shape index (κ1) is 14.1. The van der Waals surface area contributed by atoms with Crippen molar-refractivity contribution >= 4 is 5.91 Å². The fourth-order valence-electron chi connectivity index (χ4n) is 2.29. The molecule has 1 amide bonds. The molecule has 0 aliphatic heterocycles. The fraction of sp³-hybridized carbons (Fsp3) is 0.176. The highest BCUT2D eigenvalue weighted by Gasteiger charge is 2.17. The van der Waals surface area contributed by atoms with E-state index in [1.807, 2.05) is 43.5 Å². The van der Waals surface area contributed by atoms with E-state index < -0.39 is 0 Å². The summed E-state index contributed by atoms with van der Waals surface area (Å²) in [6.45, 7) is 2.39. The molecular formula is C17H17N3O2. The van der Waals surface area contributed by atoms with Crippen molar-refractivity contribution < 1.29 is 9.21 Å². The van der Waals surface area contributed by atoms with Gasteiger partial charge in [0, 0.05) is 31.5 Å². The van der Waals surface area contributed by atoms with Crippen LogP contribution in [-0.4, -0.2) is 27.6 Å². The molecule has 0 spiro atoms. The highest BCUT2D eigenvalue weighted by Crippen LogP contribution is 2.14. The Labute approximate surface area is 128 Å². The van der Waals surface area contributed by atoms with Crippen molar-refractivity contribution in [2.24, 2.45) is 0 Å². The minimum Gasteiger partial charge on any atom is -0.459 e. The van der Waals surface area contributed by atoms with Crippen molar-refractivity contribution in [3.8, 4) is 5.69 Å². The van der Waals surface area contributed by atoms with E-state index >= 15 is 0 Å². The first-order valence-corrected chi connectivity index (χ1v) is 7.03. The topological polar surface area (TPSA) is 51.3 Å². The summed E-state index contributed by atoms with van der Waals surface area (Å²) in [7, 11) is 1.77. The predicted octanol–water partition coefficient (Wildman–Crippen LogP) is 3.05. The molecule has 0 N–H and O–H groups in total. The van der Waals surface area contributed by atoms with Crippen LogP contribution in [0.1, 0.15) is 21.7 Å². The lowest BCUT2D eigenvalue weighted by atomic mass is 10.2. The van der Waals surface area contributed by atoms with Gasteiger partial charge in [-0.15, -0.1) is 0 Å². The highest BCUT2D eigenvalue weighted by atomic mass is 16.3. The Morgan fingerprint density at radius 3 is 2.64 bits per heavy atom. The molecule has 5 nitrogen and oxygen atoms in total. The molecule has 1 aromatic carbocycles. The molecule has 0 fully saturated rings. The number of nitrogens with zero attached hydrogens (tertiary/aromatic N) is 3. The lowest BCUT2D eigenvalue weighted by Gasteiger charge is -2.16. The maximum atomic E-state index is 12.3. The zero-order chi connectivity index (χ0) is 15.5. The number of rotatable bonds is 4. The summed E-state index contributed by atoms with van der Waals surface area (Å²) in [6, 6.07) is 11.6. The monoisotopic (exact) mass is 295 g/mol. The van der Waals surface area contributed by atoms with Crippen LogP contribution in [0.5, 0.6) is 0 Å². The van der Waals surface area contributed by atoms with Crippen LogP contribution in [0.15, 0.2) is 59.5 Å². The van der Waals surface area contributed by atoms with Gasteiger partial charge in [0.15, 0.2) is 5.76 Å². The second kappa shape index (κ2) is 5.89. The number of carbonyl (C=O) groups excluding carboxylic acids is 1. The number of amides is 1. The van der Waals surface area contributed by atoms with Gasteiger partial charge in [-0.05, 0) is 36.8 Å². The Morgan fingerprint density at radius 2 is 2.05 bits per heavy atom. The predicted molar refractivity (Wildman–Crippen MR) is 82.8 cm³/mol. The molecule has 112 valence electrons. The van der Waals surface area contributed by atoms with E-state index in [0.29, 0.717) is 12.3 Å². The molecule has 2 aromatic heterocycles. The summed E-state index contributed by atoms with van der Waals surface area (Å²) in [5.41, 5.74) is 2.89. The molecule has 22 heavy (non-hydrogen) atoms. The third-order valence-corrected chi connectivity index (χ3v) is 3.53. The maximum Gasteiger partial charge on any atom is 0.289 e. The summed E-state index contributed by atoms with van der Waals surface area (Å²) in [5.74, 6) is 0.286. The Balaban J connectivity index is 1.70. The maximum absolute atomic E-state index is 12.3. The number of hydrogen-bond donors (Lipinski definition) is 0. The fourth-order valence-corrected chi connectivity index (χ4v) is 2.29. The average Bonchev–Trinajstić information content (AvgIpc) is 3.18. The van der Waals surface area contributed by atoms with Gasteiger partial charge in [0.2, 0.25) is 0 Å². The van der Waals surface area contributed by atoms with Gasteiger partial charge in [0.1, 0.15) is 0 Å². The van der Waals surface area contributed by atoms with Crippen molar-refractivity contribution in [2.75, 3.05) is 7.05 Å². The van der Waals surface area contributed by atoms with Gasteiger partial charge in [0.05, 0.1) is 12.0 Å². The number of benzene rings is 1. The normalized spacial score (nSPS) is 10.6. The summed E-state index contributed by atoms with van der Waals surface area (Å²) in [6.07, 6.45) is 5.17. The van der Waals surface area contributed by atoms with E-state index in [-0.39, 0.29) is 5.91 Å². The Morgan fingerprint density at radius 1 is 1.27 bits per heavy atom. The van der Waals surface area contributed by atoms with E-state index in [2.05, 4.69) is 5.10 Å². The van der Waals surface area contributed by atoms with Crippen LogP contribution in [-0.2, 0) is 6.54 Å². The SMILES string of the molecule is Cc1ccoc1C(=O)N(C)Cc1ccc(-n2cccn2)cc1. The van der Waals surface area contributed by atoms with Crippen LogP contribution in [0, 0.1) is 6.92 Å². The van der Waals surface area contributed by atoms with Crippen LogP contribution in [0.3, 0.4) is 0 Å². The van der Waals surface area contributed by atoms with Crippen molar-refractivity contribution in [1.29, 1.82) is 0 Å². The van der Waals surface area contributed by atoms with E-state index in [4.69, 9.17) is 4.42 Å². The van der Waals surface area contributed by atoms with Gasteiger partial charge in [-0.1, -0.05) is 12.1 Å². The molecule has 3 aromatic rings. The Kier molecular flexibility index (Phi) is 3.78. The van der Waals surface area contributed by atoms with Crippen LogP contribution < -0.4 is 0 Å². The van der Waals surface area contributed by atoms with Crippen LogP contribution >= 0.6 is 0 Å². The van der Waals surface area contributed by atoms with Gasteiger partial charge in [-0.2, -0.15) is 5.10 Å². The van der Waals surface area contributed by atoms with Crippen molar-refractivity contribution in [3.05, 3.63) is 71.9 Å². The Bertz CT molecular complexity index is 758.